The summed E-state index contributed by atoms with van der Waals surface area (Å²) in [5, 5.41) is 18.9. The first-order chi connectivity index (χ1) is 9.84. The fourth-order valence-electron chi connectivity index (χ4n) is 3.41. The molecular weight excluding hydrogens is 274 g/mol. The van der Waals surface area contributed by atoms with Gasteiger partial charge in [0, 0.05) is 24.8 Å². The maximum Gasteiger partial charge on any atom is 0.312 e. The zero-order valence-corrected chi connectivity index (χ0v) is 12.0. The molecule has 2 atom stereocenters. The highest BCUT2D eigenvalue weighted by Gasteiger charge is 2.81. The van der Waals surface area contributed by atoms with E-state index in [4.69, 9.17) is 0 Å². The minimum atomic E-state index is -1.18. The van der Waals surface area contributed by atoms with Crippen LogP contribution in [-0.2, 0) is 16.0 Å². The average molecular weight is 291 g/mol. The summed E-state index contributed by atoms with van der Waals surface area (Å²) in [6, 6.07) is 1.81. The summed E-state index contributed by atoms with van der Waals surface area (Å²) < 4.78 is 0. The molecule has 0 spiro atoms. The number of anilines is 1. The van der Waals surface area contributed by atoms with E-state index in [9.17, 15) is 19.8 Å². The largest absolute Gasteiger partial charge is 0.481 e. The van der Waals surface area contributed by atoms with E-state index < -0.39 is 22.8 Å². The number of aliphatic carboxylic acids is 2. The predicted molar refractivity (Wildman–Crippen MR) is 73.1 cm³/mol. The van der Waals surface area contributed by atoms with E-state index in [0.717, 1.165) is 12.1 Å². The minimum Gasteiger partial charge on any atom is -0.481 e. The summed E-state index contributed by atoms with van der Waals surface area (Å²) >= 11 is 0. The Morgan fingerprint density at radius 1 is 1.24 bits per heavy atom. The van der Waals surface area contributed by atoms with Crippen molar-refractivity contribution in [1.82, 2.24) is 9.97 Å². The van der Waals surface area contributed by atoms with Crippen molar-refractivity contribution in [2.24, 2.45) is 10.8 Å². The monoisotopic (exact) mass is 291 g/mol. The molecule has 1 saturated carbocycles. The van der Waals surface area contributed by atoms with Gasteiger partial charge in [0.25, 0.3) is 0 Å². The summed E-state index contributed by atoms with van der Waals surface area (Å²) in [6.45, 7) is 4.13. The van der Waals surface area contributed by atoms with Crippen molar-refractivity contribution in [3.05, 3.63) is 17.6 Å². The van der Waals surface area contributed by atoms with Crippen molar-refractivity contribution in [2.75, 3.05) is 18.0 Å². The summed E-state index contributed by atoms with van der Waals surface area (Å²) in [4.78, 5) is 33.4. The first kappa shape index (κ1) is 13.8. The Balaban J connectivity index is 1.96. The van der Waals surface area contributed by atoms with Gasteiger partial charge in [0.2, 0.25) is 0 Å². The van der Waals surface area contributed by atoms with E-state index in [2.05, 4.69) is 9.97 Å². The van der Waals surface area contributed by atoms with Crippen LogP contribution in [0.3, 0.4) is 0 Å². The number of carboxylic acids is 2. The molecule has 0 unspecified atom stereocenters. The minimum absolute atomic E-state index is 0.189. The molecule has 2 heterocycles. The molecule has 1 aliphatic carbocycles. The number of hydrogen-bond donors (Lipinski definition) is 2. The molecular formula is C14H17N3O4. The molecule has 7 heteroatoms. The Morgan fingerprint density at radius 3 is 2.29 bits per heavy atom. The number of carboxylic acid groups (broad SMARTS) is 2. The molecule has 1 aliphatic heterocycles. The predicted octanol–water partition coefficient (Wildman–Crippen LogP) is 0.713. The molecule has 1 aromatic heterocycles. The summed E-state index contributed by atoms with van der Waals surface area (Å²) in [7, 11) is 0. The van der Waals surface area contributed by atoms with Gasteiger partial charge in [0.15, 0.2) is 0 Å². The lowest BCUT2D eigenvalue weighted by Crippen LogP contribution is -2.29. The van der Waals surface area contributed by atoms with E-state index in [-0.39, 0.29) is 19.5 Å². The van der Waals surface area contributed by atoms with E-state index in [0.29, 0.717) is 11.6 Å². The van der Waals surface area contributed by atoms with Crippen LogP contribution in [0.4, 0.5) is 5.82 Å². The fraction of sp³-hybridized carbons (Fsp3) is 0.571. The number of piperidine rings is 1. The van der Waals surface area contributed by atoms with Crippen molar-refractivity contribution in [3.63, 3.8) is 0 Å². The van der Waals surface area contributed by atoms with E-state index in [1.807, 2.05) is 13.0 Å². The average Bonchev–Trinajstić information content (AvgIpc) is 2.97. The molecule has 0 aromatic carbocycles. The number of carbonyl (C=O) groups is 2. The standard InChI is InChI=1S/C14H17N3O4/c1-3-9-4-10(16-8(2)15-9)17-6-13(11(18)19)5-14(13,7-17)12(20)21/h4H,3,5-7H2,1-2H3,(H,18,19)(H,20,21)/t13-,14+. The summed E-state index contributed by atoms with van der Waals surface area (Å²) in [5.41, 5.74) is -1.49. The van der Waals surface area contributed by atoms with Gasteiger partial charge in [-0.2, -0.15) is 0 Å². The van der Waals surface area contributed by atoms with E-state index >= 15 is 0 Å². The number of rotatable bonds is 4. The Morgan fingerprint density at radius 2 is 1.81 bits per heavy atom. The molecule has 3 rings (SSSR count). The third-order valence-corrected chi connectivity index (χ3v) is 4.70. The molecule has 7 nitrogen and oxygen atoms in total. The second kappa shape index (κ2) is 4.16. The van der Waals surface area contributed by atoms with Gasteiger partial charge in [0.1, 0.15) is 22.5 Å². The fourth-order valence-corrected chi connectivity index (χ4v) is 3.41. The summed E-state index contributed by atoms with van der Waals surface area (Å²) in [6.07, 6.45) is 0.949. The van der Waals surface area contributed by atoms with Gasteiger partial charge in [-0.05, 0) is 19.8 Å². The van der Waals surface area contributed by atoms with Gasteiger partial charge < -0.3 is 15.1 Å². The van der Waals surface area contributed by atoms with Gasteiger partial charge in [0.05, 0.1) is 0 Å². The van der Waals surface area contributed by atoms with Gasteiger partial charge in [-0.15, -0.1) is 0 Å². The third kappa shape index (κ3) is 1.73. The first-order valence-corrected chi connectivity index (χ1v) is 6.91. The number of aromatic nitrogens is 2. The van der Waals surface area contributed by atoms with Gasteiger partial charge in [-0.25, -0.2) is 9.97 Å². The smallest absolute Gasteiger partial charge is 0.312 e. The van der Waals surface area contributed by atoms with Crippen molar-refractivity contribution < 1.29 is 19.8 Å². The van der Waals surface area contributed by atoms with Crippen LogP contribution in [0, 0.1) is 17.8 Å². The van der Waals surface area contributed by atoms with Crippen molar-refractivity contribution in [3.8, 4) is 0 Å². The van der Waals surface area contributed by atoms with Crippen molar-refractivity contribution in [1.29, 1.82) is 0 Å². The molecule has 0 amide bonds. The van der Waals surface area contributed by atoms with Crippen LogP contribution < -0.4 is 4.90 Å². The third-order valence-electron chi connectivity index (χ3n) is 4.70. The lowest BCUT2D eigenvalue weighted by molar-refractivity contribution is -0.151. The highest BCUT2D eigenvalue weighted by atomic mass is 16.4. The van der Waals surface area contributed by atoms with E-state index in [1.165, 1.54) is 0 Å². The van der Waals surface area contributed by atoms with Crippen LogP contribution in [0.25, 0.3) is 0 Å². The van der Waals surface area contributed by atoms with Crippen LogP contribution in [-0.4, -0.2) is 45.2 Å². The zero-order valence-electron chi connectivity index (χ0n) is 12.0. The normalized spacial score (nSPS) is 30.1. The maximum atomic E-state index is 11.5. The van der Waals surface area contributed by atoms with Gasteiger partial charge >= 0.3 is 11.9 Å². The molecule has 2 N–H and O–H groups in total. The molecule has 112 valence electrons. The quantitative estimate of drug-likeness (QED) is 0.842. The topological polar surface area (TPSA) is 104 Å². The Labute approximate surface area is 121 Å². The van der Waals surface area contributed by atoms with Crippen LogP contribution in [0.5, 0.6) is 0 Å². The maximum absolute atomic E-state index is 11.5. The lowest BCUT2D eigenvalue weighted by Gasteiger charge is -2.21. The molecule has 1 saturated heterocycles. The SMILES string of the molecule is CCc1cc(N2C[C@@]3(C(=O)O)C[C@@]3(C(=O)O)C2)nc(C)n1. The second-order valence-electron chi connectivity index (χ2n) is 5.93. The molecule has 2 fully saturated rings. The highest BCUT2D eigenvalue weighted by Crippen LogP contribution is 2.68. The Hall–Kier alpha value is -2.18. The molecule has 1 aromatic rings. The van der Waals surface area contributed by atoms with Crippen LogP contribution >= 0.6 is 0 Å². The molecule has 0 bridgehead atoms. The van der Waals surface area contributed by atoms with Crippen molar-refractivity contribution in [2.45, 2.75) is 26.7 Å². The Kier molecular flexibility index (Phi) is 2.73. The molecule has 21 heavy (non-hydrogen) atoms. The van der Waals surface area contributed by atoms with Crippen LogP contribution in [0.1, 0.15) is 24.9 Å². The molecule has 2 aliphatic rings. The first-order valence-electron chi connectivity index (χ1n) is 6.91. The van der Waals surface area contributed by atoms with Gasteiger partial charge in [-0.3, -0.25) is 9.59 Å². The van der Waals surface area contributed by atoms with Crippen molar-refractivity contribution >= 4 is 17.8 Å². The van der Waals surface area contributed by atoms with Crippen LogP contribution in [0.2, 0.25) is 0 Å². The number of aryl methyl sites for hydroxylation is 2. The highest BCUT2D eigenvalue weighted by molar-refractivity contribution is 5.95. The van der Waals surface area contributed by atoms with Crippen LogP contribution in [0.15, 0.2) is 6.07 Å². The lowest BCUT2D eigenvalue weighted by atomic mass is 9.97. The molecule has 0 radical (unpaired) electrons. The van der Waals surface area contributed by atoms with E-state index in [1.54, 1.807) is 11.8 Å². The second-order valence-corrected chi connectivity index (χ2v) is 5.93. The Bertz CT molecular complexity index is 619. The number of hydrogen-bond acceptors (Lipinski definition) is 5. The van der Waals surface area contributed by atoms with Gasteiger partial charge in [-0.1, -0.05) is 6.92 Å². The zero-order chi connectivity index (χ0) is 15.4. The number of nitrogens with zero attached hydrogens (tertiary/aromatic N) is 3. The summed E-state index contributed by atoms with van der Waals surface area (Å²) in [5.74, 6) is -0.839. The number of fused-ring (bicyclic) bond motifs is 1.